The summed E-state index contributed by atoms with van der Waals surface area (Å²) in [5, 5.41) is 0. The van der Waals surface area contributed by atoms with E-state index in [0.717, 1.165) is 17.8 Å². The highest BCUT2D eigenvalue weighted by Crippen LogP contribution is 2.27. The Balaban J connectivity index is 2.38. The van der Waals surface area contributed by atoms with Gasteiger partial charge in [-0.1, -0.05) is 24.3 Å². The molecular weight excluding hydrogens is 280 g/mol. The lowest BCUT2D eigenvalue weighted by molar-refractivity contribution is 0.904. The minimum Gasteiger partial charge on any atom is -0.296 e. The van der Waals surface area contributed by atoms with E-state index in [4.69, 9.17) is 16.6 Å². The van der Waals surface area contributed by atoms with Gasteiger partial charge in [0.1, 0.15) is 5.82 Å². The van der Waals surface area contributed by atoms with Gasteiger partial charge in [-0.25, -0.2) is 4.98 Å². The molecule has 0 N–H and O–H groups in total. The molecule has 0 radical (unpaired) electrons. The van der Waals surface area contributed by atoms with Gasteiger partial charge >= 0.3 is 0 Å². The quantitative estimate of drug-likeness (QED) is 0.639. The van der Waals surface area contributed by atoms with Gasteiger partial charge in [0.2, 0.25) is 0 Å². The number of imidazole rings is 1. The summed E-state index contributed by atoms with van der Waals surface area (Å²) in [4.78, 5) is 4.79. The van der Waals surface area contributed by atoms with Crippen molar-refractivity contribution in [2.45, 2.75) is 27.2 Å². The van der Waals surface area contributed by atoms with Crippen molar-refractivity contribution in [1.82, 2.24) is 9.55 Å². The molecule has 0 aliphatic rings. The van der Waals surface area contributed by atoms with Crippen molar-refractivity contribution in [1.29, 1.82) is 0 Å². The van der Waals surface area contributed by atoms with Crippen LogP contribution >= 0.6 is 11.6 Å². The van der Waals surface area contributed by atoms with Crippen molar-refractivity contribution in [2.24, 2.45) is 0 Å². The molecule has 0 saturated carbocycles. The molecule has 2 nitrogen and oxygen atoms in total. The van der Waals surface area contributed by atoms with Gasteiger partial charge in [-0.15, -0.1) is 11.6 Å². The Morgan fingerprint density at radius 2 is 1.86 bits per heavy atom. The molecule has 2 aromatic carbocycles. The number of nitrogens with zero attached hydrogens (tertiary/aromatic N) is 2. The average Bonchev–Trinajstić information content (AvgIpc) is 2.81. The number of aromatic nitrogens is 2. The molecule has 21 heavy (non-hydrogen) atoms. The minimum atomic E-state index is 0.577. The molecule has 0 bridgehead atoms. The second kappa shape index (κ2) is 5.53. The van der Waals surface area contributed by atoms with Crippen LogP contribution in [0.3, 0.4) is 0 Å². The summed E-state index contributed by atoms with van der Waals surface area (Å²) < 4.78 is 2.27. The predicted octanol–water partition coefficient (Wildman–Crippen LogP) is 4.73. The summed E-state index contributed by atoms with van der Waals surface area (Å²) in [5.41, 5.74) is 7.16. The van der Waals surface area contributed by atoms with Crippen molar-refractivity contribution in [2.75, 3.05) is 5.88 Å². The Morgan fingerprint density at radius 1 is 1.05 bits per heavy atom. The second-order valence-corrected chi connectivity index (χ2v) is 5.91. The highest BCUT2D eigenvalue weighted by molar-refractivity contribution is 6.18. The van der Waals surface area contributed by atoms with E-state index >= 15 is 0 Å². The van der Waals surface area contributed by atoms with E-state index in [2.05, 4.69) is 61.7 Å². The number of hydrogen-bond donors (Lipinski definition) is 0. The fourth-order valence-corrected chi connectivity index (χ4v) is 2.98. The maximum Gasteiger partial charge on any atom is 0.115 e. The number of rotatable bonds is 3. The standard InChI is InChI=1S/C18H19ClN2/c1-12-7-8-13(2)16(11-12)21-17(9-10-19)20-15-6-4-5-14(3)18(15)21/h4-8,11H,9-10H2,1-3H3. The molecule has 108 valence electrons. The van der Waals surface area contributed by atoms with Gasteiger partial charge in [0, 0.05) is 12.3 Å². The van der Waals surface area contributed by atoms with Crippen molar-refractivity contribution in [3.8, 4) is 5.69 Å². The zero-order valence-corrected chi connectivity index (χ0v) is 13.4. The molecular formula is C18H19ClN2. The topological polar surface area (TPSA) is 17.8 Å². The summed E-state index contributed by atoms with van der Waals surface area (Å²) in [5.74, 6) is 1.61. The van der Waals surface area contributed by atoms with Crippen molar-refractivity contribution < 1.29 is 0 Å². The third kappa shape index (κ3) is 2.44. The largest absolute Gasteiger partial charge is 0.296 e. The average molecular weight is 299 g/mol. The fourth-order valence-electron chi connectivity index (χ4n) is 2.81. The zero-order valence-electron chi connectivity index (χ0n) is 12.7. The van der Waals surface area contributed by atoms with E-state index in [-0.39, 0.29) is 0 Å². The van der Waals surface area contributed by atoms with Gasteiger partial charge in [-0.3, -0.25) is 4.57 Å². The van der Waals surface area contributed by atoms with Crippen LogP contribution in [-0.4, -0.2) is 15.4 Å². The van der Waals surface area contributed by atoms with Crippen molar-refractivity contribution >= 4 is 22.6 Å². The first-order chi connectivity index (χ1) is 10.1. The molecule has 0 aliphatic heterocycles. The molecule has 1 aromatic heterocycles. The molecule has 1 heterocycles. The highest BCUT2D eigenvalue weighted by atomic mass is 35.5. The second-order valence-electron chi connectivity index (χ2n) is 5.54. The molecule has 3 rings (SSSR count). The summed E-state index contributed by atoms with van der Waals surface area (Å²) in [6, 6.07) is 12.8. The molecule has 0 saturated heterocycles. The lowest BCUT2D eigenvalue weighted by atomic mass is 10.1. The normalized spacial score (nSPS) is 11.2. The van der Waals surface area contributed by atoms with E-state index < -0.39 is 0 Å². The first kappa shape index (κ1) is 14.2. The van der Waals surface area contributed by atoms with Gasteiger partial charge < -0.3 is 0 Å². The molecule has 0 aliphatic carbocycles. The van der Waals surface area contributed by atoms with E-state index in [1.807, 2.05) is 0 Å². The van der Waals surface area contributed by atoms with Crippen LogP contribution in [0.2, 0.25) is 0 Å². The van der Waals surface area contributed by atoms with Gasteiger partial charge in [-0.05, 0) is 49.6 Å². The van der Waals surface area contributed by atoms with Gasteiger partial charge in [0.25, 0.3) is 0 Å². The molecule has 0 atom stereocenters. The lowest BCUT2D eigenvalue weighted by Crippen LogP contribution is -2.05. The third-order valence-corrected chi connectivity index (χ3v) is 4.06. The molecule has 3 heteroatoms. The van der Waals surface area contributed by atoms with Crippen LogP contribution in [0.4, 0.5) is 0 Å². The lowest BCUT2D eigenvalue weighted by Gasteiger charge is -2.13. The number of para-hydroxylation sites is 1. The van der Waals surface area contributed by atoms with Crippen LogP contribution < -0.4 is 0 Å². The van der Waals surface area contributed by atoms with Crippen molar-refractivity contribution in [3.05, 3.63) is 58.9 Å². The number of benzene rings is 2. The molecule has 0 amide bonds. The summed E-state index contributed by atoms with van der Waals surface area (Å²) >= 11 is 5.98. The maximum atomic E-state index is 5.98. The number of hydrogen-bond acceptors (Lipinski definition) is 1. The number of fused-ring (bicyclic) bond motifs is 1. The Kier molecular flexibility index (Phi) is 3.73. The van der Waals surface area contributed by atoms with Crippen LogP contribution in [0.1, 0.15) is 22.5 Å². The predicted molar refractivity (Wildman–Crippen MR) is 89.7 cm³/mol. The Morgan fingerprint density at radius 3 is 2.62 bits per heavy atom. The number of alkyl halides is 1. The summed E-state index contributed by atoms with van der Waals surface area (Å²) in [7, 11) is 0. The maximum absolute atomic E-state index is 5.98. The molecule has 0 fully saturated rings. The molecule has 0 spiro atoms. The van der Waals surface area contributed by atoms with Gasteiger partial charge in [0.15, 0.2) is 0 Å². The Hall–Kier alpha value is -1.80. The summed E-state index contributed by atoms with van der Waals surface area (Å²) in [6.07, 6.45) is 0.767. The molecule has 0 unspecified atom stereocenters. The van der Waals surface area contributed by atoms with Gasteiger partial charge in [-0.2, -0.15) is 0 Å². The van der Waals surface area contributed by atoms with Crippen LogP contribution in [0, 0.1) is 20.8 Å². The van der Waals surface area contributed by atoms with Crippen LogP contribution in [0.5, 0.6) is 0 Å². The number of halogens is 1. The van der Waals surface area contributed by atoms with E-state index in [1.165, 1.54) is 27.9 Å². The Bertz CT molecular complexity index is 802. The van der Waals surface area contributed by atoms with E-state index in [1.54, 1.807) is 0 Å². The first-order valence-corrected chi connectivity index (χ1v) is 7.76. The smallest absolute Gasteiger partial charge is 0.115 e. The van der Waals surface area contributed by atoms with E-state index in [0.29, 0.717) is 5.88 Å². The fraction of sp³-hybridized carbons (Fsp3) is 0.278. The van der Waals surface area contributed by atoms with E-state index in [9.17, 15) is 0 Å². The Labute approximate surface area is 130 Å². The van der Waals surface area contributed by atoms with Crippen LogP contribution in [-0.2, 0) is 6.42 Å². The summed E-state index contributed by atoms with van der Waals surface area (Å²) in [6.45, 7) is 6.40. The van der Waals surface area contributed by atoms with Crippen LogP contribution in [0.25, 0.3) is 16.7 Å². The molecule has 3 aromatic rings. The zero-order chi connectivity index (χ0) is 15.0. The van der Waals surface area contributed by atoms with Crippen LogP contribution in [0.15, 0.2) is 36.4 Å². The minimum absolute atomic E-state index is 0.577. The van der Waals surface area contributed by atoms with Gasteiger partial charge in [0.05, 0.1) is 16.7 Å². The third-order valence-electron chi connectivity index (χ3n) is 3.87. The number of aryl methyl sites for hydroxylation is 4. The highest BCUT2D eigenvalue weighted by Gasteiger charge is 2.15. The SMILES string of the molecule is Cc1ccc(C)c(-n2c(CCCl)nc3cccc(C)c32)c1. The van der Waals surface area contributed by atoms with Crippen molar-refractivity contribution in [3.63, 3.8) is 0 Å². The first-order valence-electron chi connectivity index (χ1n) is 7.22. The monoisotopic (exact) mass is 298 g/mol.